The molecular weight excluding hydrogens is 522 g/mol. The van der Waals surface area contributed by atoms with Gasteiger partial charge < -0.3 is 15.4 Å². The van der Waals surface area contributed by atoms with Crippen molar-refractivity contribution < 1.29 is 5.11 Å². The molecule has 2 aromatic heterocycles. The SMILES string of the molecule is CN(C)c1cc(O)cc(CNNc2ncnc3c2nc(-c2cccc4ccccc24)n3-c2cccc3ccccc23)c1. The summed E-state index contributed by atoms with van der Waals surface area (Å²) in [4.78, 5) is 16.4. The predicted octanol–water partition coefficient (Wildman–Crippen LogP) is 6.68. The van der Waals surface area contributed by atoms with Gasteiger partial charge in [0.1, 0.15) is 17.9 Å². The van der Waals surface area contributed by atoms with Crippen LogP contribution in [0.1, 0.15) is 5.56 Å². The molecule has 0 aliphatic heterocycles. The lowest BCUT2D eigenvalue weighted by Gasteiger charge is -2.15. The molecule has 0 radical (unpaired) electrons. The number of aromatic hydroxyl groups is 1. The number of nitrogens with one attached hydrogen (secondary N) is 2. The maximum atomic E-state index is 10.2. The highest BCUT2D eigenvalue weighted by Gasteiger charge is 2.21. The van der Waals surface area contributed by atoms with Gasteiger partial charge in [-0.1, -0.05) is 78.9 Å². The Morgan fingerprint density at radius 1 is 0.786 bits per heavy atom. The Bertz CT molecular complexity index is 2070. The van der Waals surface area contributed by atoms with Crippen LogP contribution in [0.2, 0.25) is 0 Å². The molecule has 8 nitrogen and oxygen atoms in total. The lowest BCUT2D eigenvalue weighted by Crippen LogP contribution is -2.22. The third-order valence-electron chi connectivity index (χ3n) is 7.46. The van der Waals surface area contributed by atoms with Crippen molar-refractivity contribution in [2.75, 3.05) is 24.4 Å². The number of nitrogens with zero attached hydrogens (tertiary/aromatic N) is 5. The highest BCUT2D eigenvalue weighted by molar-refractivity contribution is 6.00. The summed E-state index contributed by atoms with van der Waals surface area (Å²) in [5.74, 6) is 1.56. The molecule has 5 aromatic carbocycles. The van der Waals surface area contributed by atoms with E-state index in [4.69, 9.17) is 9.97 Å². The van der Waals surface area contributed by atoms with Crippen LogP contribution in [-0.2, 0) is 6.54 Å². The molecule has 8 heteroatoms. The van der Waals surface area contributed by atoms with E-state index in [9.17, 15) is 5.11 Å². The van der Waals surface area contributed by atoms with E-state index in [1.54, 1.807) is 18.5 Å². The van der Waals surface area contributed by atoms with Crippen LogP contribution in [0.3, 0.4) is 0 Å². The van der Waals surface area contributed by atoms with Crippen molar-refractivity contribution in [3.8, 4) is 22.8 Å². The highest BCUT2D eigenvalue weighted by Crippen LogP contribution is 2.36. The number of phenols is 1. The molecule has 0 unspecified atom stereocenters. The Hall–Kier alpha value is -5.47. The van der Waals surface area contributed by atoms with E-state index in [0.29, 0.717) is 23.5 Å². The Balaban J connectivity index is 1.37. The first-order valence-electron chi connectivity index (χ1n) is 13.8. The first-order chi connectivity index (χ1) is 20.6. The molecule has 0 aliphatic rings. The summed E-state index contributed by atoms with van der Waals surface area (Å²) in [6, 6.07) is 34.8. The lowest BCUT2D eigenvalue weighted by molar-refractivity contribution is 0.474. The van der Waals surface area contributed by atoms with Gasteiger partial charge in [-0.2, -0.15) is 0 Å². The van der Waals surface area contributed by atoms with Crippen LogP contribution >= 0.6 is 0 Å². The van der Waals surface area contributed by atoms with Crippen LogP contribution in [0, 0.1) is 0 Å². The van der Waals surface area contributed by atoms with Crippen LogP contribution in [0.15, 0.2) is 109 Å². The molecule has 2 heterocycles. The minimum Gasteiger partial charge on any atom is -0.508 e. The minimum absolute atomic E-state index is 0.219. The summed E-state index contributed by atoms with van der Waals surface area (Å²) in [5, 5.41) is 14.7. The summed E-state index contributed by atoms with van der Waals surface area (Å²) in [6.07, 6.45) is 1.56. The molecule has 42 heavy (non-hydrogen) atoms. The van der Waals surface area contributed by atoms with Gasteiger partial charge in [-0.3, -0.25) is 4.57 Å². The predicted molar refractivity (Wildman–Crippen MR) is 170 cm³/mol. The van der Waals surface area contributed by atoms with Crippen LogP contribution in [-0.4, -0.2) is 38.7 Å². The zero-order valence-corrected chi connectivity index (χ0v) is 23.3. The van der Waals surface area contributed by atoms with Gasteiger partial charge in [0.2, 0.25) is 0 Å². The van der Waals surface area contributed by atoms with Crippen molar-refractivity contribution in [1.29, 1.82) is 0 Å². The van der Waals surface area contributed by atoms with E-state index < -0.39 is 0 Å². The van der Waals surface area contributed by atoms with Gasteiger partial charge in [0.05, 0.1) is 5.69 Å². The Morgan fingerprint density at radius 3 is 2.31 bits per heavy atom. The summed E-state index contributed by atoms with van der Waals surface area (Å²) in [6.45, 7) is 0.459. The van der Waals surface area contributed by atoms with Gasteiger partial charge in [0, 0.05) is 43.3 Å². The summed E-state index contributed by atoms with van der Waals surface area (Å²) in [7, 11) is 3.89. The minimum atomic E-state index is 0.219. The summed E-state index contributed by atoms with van der Waals surface area (Å²) >= 11 is 0. The molecule has 3 N–H and O–H groups in total. The highest BCUT2D eigenvalue weighted by atomic mass is 16.3. The van der Waals surface area contributed by atoms with E-state index in [1.165, 1.54) is 0 Å². The third kappa shape index (κ3) is 4.53. The number of fused-ring (bicyclic) bond motifs is 3. The van der Waals surface area contributed by atoms with Crippen LogP contribution in [0.25, 0.3) is 49.8 Å². The number of benzene rings is 5. The molecule has 0 aliphatic carbocycles. The zero-order valence-electron chi connectivity index (χ0n) is 23.3. The summed E-state index contributed by atoms with van der Waals surface area (Å²) in [5.41, 5.74) is 11.7. The number of hydrogen-bond acceptors (Lipinski definition) is 7. The molecule has 0 spiro atoms. The van der Waals surface area contributed by atoms with Crippen molar-refractivity contribution in [3.05, 3.63) is 115 Å². The topological polar surface area (TPSA) is 91.1 Å². The van der Waals surface area contributed by atoms with Crippen LogP contribution in [0.5, 0.6) is 5.75 Å². The van der Waals surface area contributed by atoms with Crippen molar-refractivity contribution in [2.24, 2.45) is 0 Å². The maximum Gasteiger partial charge on any atom is 0.171 e. The van der Waals surface area contributed by atoms with Crippen LogP contribution in [0.4, 0.5) is 11.5 Å². The second kappa shape index (κ2) is 10.5. The molecule has 0 fully saturated rings. The van der Waals surface area contributed by atoms with Crippen molar-refractivity contribution in [2.45, 2.75) is 6.54 Å². The smallest absolute Gasteiger partial charge is 0.171 e. The molecule has 7 aromatic rings. The van der Waals surface area contributed by atoms with Gasteiger partial charge in [0.25, 0.3) is 0 Å². The van der Waals surface area contributed by atoms with Crippen molar-refractivity contribution in [1.82, 2.24) is 24.9 Å². The molecular formula is C34H29N7O. The average molecular weight is 552 g/mol. The van der Waals surface area contributed by atoms with E-state index in [0.717, 1.165) is 49.9 Å². The largest absolute Gasteiger partial charge is 0.508 e. The molecule has 7 rings (SSSR count). The number of aromatic nitrogens is 4. The van der Waals surface area contributed by atoms with Gasteiger partial charge in [0.15, 0.2) is 17.0 Å². The molecule has 0 amide bonds. The number of anilines is 2. The fourth-order valence-electron chi connectivity index (χ4n) is 5.46. The van der Waals surface area contributed by atoms with Crippen molar-refractivity contribution in [3.63, 3.8) is 0 Å². The second-order valence-corrected chi connectivity index (χ2v) is 10.4. The monoisotopic (exact) mass is 551 g/mol. The maximum absolute atomic E-state index is 10.2. The second-order valence-electron chi connectivity index (χ2n) is 10.4. The molecule has 206 valence electrons. The van der Waals surface area contributed by atoms with E-state index in [1.807, 2.05) is 37.2 Å². The first-order valence-corrected chi connectivity index (χ1v) is 13.8. The molecule has 0 atom stereocenters. The van der Waals surface area contributed by atoms with E-state index in [-0.39, 0.29) is 5.75 Å². The number of hydrogen-bond donors (Lipinski definition) is 3. The fourth-order valence-corrected chi connectivity index (χ4v) is 5.46. The molecule has 0 bridgehead atoms. The normalized spacial score (nSPS) is 11.4. The Labute approximate surface area is 242 Å². The Morgan fingerprint density at radius 2 is 1.50 bits per heavy atom. The quantitative estimate of drug-likeness (QED) is 0.190. The lowest BCUT2D eigenvalue weighted by atomic mass is 10.0. The van der Waals surface area contributed by atoms with Crippen LogP contribution < -0.4 is 15.8 Å². The van der Waals surface area contributed by atoms with Crippen molar-refractivity contribution >= 4 is 44.2 Å². The zero-order chi connectivity index (χ0) is 28.6. The fraction of sp³-hybridized carbons (Fsp3) is 0.0882. The van der Waals surface area contributed by atoms with Gasteiger partial charge >= 0.3 is 0 Å². The Kier molecular flexibility index (Phi) is 6.37. The number of imidazole rings is 1. The molecule has 0 saturated heterocycles. The standard InChI is InChI=1S/C34H29N7O/c1-40(2)25-17-22(18-26(42)19-25)20-37-39-32-31-34(36-21-35-32)41(30-16-8-12-24-10-4-6-14-28(24)30)33(38-31)29-15-7-11-23-9-3-5-13-27(23)29/h3-19,21,37,42H,20H2,1-2H3,(H,35,36,39). The number of rotatable bonds is 7. The van der Waals surface area contributed by atoms with Gasteiger partial charge in [-0.15, -0.1) is 0 Å². The average Bonchev–Trinajstić information content (AvgIpc) is 3.40. The third-order valence-corrected chi connectivity index (χ3v) is 7.46. The van der Waals surface area contributed by atoms with Gasteiger partial charge in [-0.05, 0) is 39.9 Å². The van der Waals surface area contributed by atoms with Gasteiger partial charge in [-0.25, -0.2) is 20.4 Å². The molecule has 0 saturated carbocycles. The first kappa shape index (κ1) is 25.5. The van der Waals surface area contributed by atoms with E-state index in [2.05, 4.69) is 93.2 Å². The number of phenolic OH excluding ortho intramolecular Hbond substituents is 1. The van der Waals surface area contributed by atoms with E-state index >= 15 is 0 Å². The summed E-state index contributed by atoms with van der Waals surface area (Å²) < 4.78 is 2.13. The number of hydrazine groups is 1.